The molecule has 0 fully saturated rings. The predicted octanol–water partition coefficient (Wildman–Crippen LogP) is 2.33. The molecule has 2 aromatic rings. The molecule has 24 heavy (non-hydrogen) atoms. The van der Waals surface area contributed by atoms with E-state index in [0.717, 1.165) is 18.1 Å². The first-order valence-corrected chi connectivity index (χ1v) is 7.07. The molecule has 0 aromatic heterocycles. The lowest BCUT2D eigenvalue weighted by molar-refractivity contribution is -0.140. The minimum absolute atomic E-state index is 0.0862. The van der Waals surface area contributed by atoms with Crippen LogP contribution in [-0.4, -0.2) is 24.8 Å². The van der Waals surface area contributed by atoms with Gasteiger partial charge in [0, 0.05) is 0 Å². The number of ether oxygens (including phenoxy) is 1. The quantitative estimate of drug-likeness (QED) is 0.493. The molecule has 0 saturated heterocycles. The van der Waals surface area contributed by atoms with Crippen molar-refractivity contribution in [2.75, 3.05) is 12.0 Å². The number of carbonyl (C=O) groups excluding carboxylic acids is 3. The zero-order chi connectivity index (χ0) is 17.3. The molecule has 120 valence electrons. The molecular weight excluding hydrogens is 313 g/mol. The average molecular weight is 325 g/mol. The summed E-state index contributed by atoms with van der Waals surface area (Å²) in [5.74, 6) is -3.39. The molecule has 3 rings (SSSR count). The van der Waals surface area contributed by atoms with Crippen molar-refractivity contribution in [1.82, 2.24) is 0 Å². The highest BCUT2D eigenvalue weighted by molar-refractivity contribution is 6.59. The standard InChI is InChI=1S/C18H12FNO4/c1-24-18(23)14-15(11-6-3-2-4-7-11)20(17(22)16(14)21)13-9-5-8-12(19)10-13/h2-10H,1H3. The number of nitrogens with zero attached hydrogens (tertiary/aromatic N) is 1. The molecular formula is C18H12FNO4. The smallest absolute Gasteiger partial charge is 0.344 e. The normalized spacial score (nSPS) is 14.3. The largest absolute Gasteiger partial charge is 0.465 e. The van der Waals surface area contributed by atoms with E-state index in [9.17, 15) is 18.8 Å². The second kappa shape index (κ2) is 6.08. The fraction of sp³-hybridized carbons (Fsp3) is 0.0556. The van der Waals surface area contributed by atoms with E-state index in [0.29, 0.717) is 5.56 Å². The maximum atomic E-state index is 13.6. The van der Waals surface area contributed by atoms with Crippen LogP contribution < -0.4 is 4.90 Å². The van der Waals surface area contributed by atoms with E-state index < -0.39 is 23.5 Å². The molecule has 0 bridgehead atoms. The molecule has 0 radical (unpaired) electrons. The lowest BCUT2D eigenvalue weighted by Gasteiger charge is -2.20. The summed E-state index contributed by atoms with van der Waals surface area (Å²) < 4.78 is 18.2. The summed E-state index contributed by atoms with van der Waals surface area (Å²) in [6, 6.07) is 13.7. The number of Topliss-reactive ketones (excluding diaryl/α,β-unsaturated/α-hetero) is 1. The highest BCUT2D eigenvalue weighted by Crippen LogP contribution is 2.35. The van der Waals surface area contributed by atoms with Gasteiger partial charge >= 0.3 is 11.9 Å². The lowest BCUT2D eigenvalue weighted by atomic mass is 10.1. The number of carbonyl (C=O) groups is 3. The molecule has 1 aliphatic rings. The summed E-state index contributed by atoms with van der Waals surface area (Å²) in [6.45, 7) is 0. The van der Waals surface area contributed by atoms with E-state index >= 15 is 0 Å². The number of esters is 1. The fourth-order valence-electron chi connectivity index (χ4n) is 2.55. The van der Waals surface area contributed by atoms with E-state index in [1.807, 2.05) is 0 Å². The summed E-state index contributed by atoms with van der Waals surface area (Å²) in [4.78, 5) is 37.8. The third-order valence-electron chi connectivity index (χ3n) is 3.59. The van der Waals surface area contributed by atoms with Gasteiger partial charge < -0.3 is 4.74 Å². The molecule has 0 unspecified atom stereocenters. The number of ketones is 1. The SMILES string of the molecule is COC(=O)C1=C(c2ccccc2)N(c2cccc(F)c2)C(=O)C1=O. The Balaban J connectivity index is 2.27. The molecule has 2 aromatic carbocycles. The Kier molecular flexibility index (Phi) is 3.95. The van der Waals surface area contributed by atoms with Gasteiger partial charge in [-0.05, 0) is 23.8 Å². The Bertz CT molecular complexity index is 874. The van der Waals surface area contributed by atoms with Gasteiger partial charge in [-0.15, -0.1) is 0 Å². The molecule has 0 atom stereocenters. The number of anilines is 1. The van der Waals surface area contributed by atoms with Crippen LogP contribution in [0.3, 0.4) is 0 Å². The van der Waals surface area contributed by atoms with Gasteiger partial charge in [0.2, 0.25) is 0 Å². The van der Waals surface area contributed by atoms with Gasteiger partial charge in [-0.25, -0.2) is 9.18 Å². The minimum Gasteiger partial charge on any atom is -0.465 e. The summed E-state index contributed by atoms with van der Waals surface area (Å²) in [5, 5.41) is 0. The number of amides is 1. The number of halogens is 1. The number of methoxy groups -OCH3 is 1. The predicted molar refractivity (Wildman–Crippen MR) is 84.3 cm³/mol. The van der Waals surface area contributed by atoms with E-state index in [4.69, 9.17) is 0 Å². The van der Waals surface area contributed by atoms with Gasteiger partial charge in [0.25, 0.3) is 5.78 Å². The van der Waals surface area contributed by atoms with Crippen molar-refractivity contribution in [1.29, 1.82) is 0 Å². The molecule has 0 spiro atoms. The molecule has 0 saturated carbocycles. The second-order valence-electron chi connectivity index (χ2n) is 5.03. The zero-order valence-electron chi connectivity index (χ0n) is 12.7. The molecule has 6 heteroatoms. The van der Waals surface area contributed by atoms with Crippen molar-refractivity contribution >= 4 is 29.0 Å². The van der Waals surface area contributed by atoms with Crippen LogP contribution in [0.25, 0.3) is 5.70 Å². The molecule has 1 aliphatic heterocycles. The third kappa shape index (κ3) is 2.48. The molecule has 0 N–H and O–H groups in total. The van der Waals surface area contributed by atoms with E-state index in [1.54, 1.807) is 30.3 Å². The van der Waals surface area contributed by atoms with Crippen LogP contribution in [0.4, 0.5) is 10.1 Å². The third-order valence-corrected chi connectivity index (χ3v) is 3.59. The number of benzene rings is 2. The molecule has 1 heterocycles. The van der Waals surface area contributed by atoms with E-state index in [-0.39, 0.29) is 17.0 Å². The zero-order valence-corrected chi connectivity index (χ0v) is 12.7. The van der Waals surface area contributed by atoms with Crippen molar-refractivity contribution in [2.45, 2.75) is 0 Å². The maximum absolute atomic E-state index is 13.6. The van der Waals surface area contributed by atoms with Gasteiger partial charge in [-0.2, -0.15) is 0 Å². The van der Waals surface area contributed by atoms with Crippen molar-refractivity contribution in [3.05, 3.63) is 71.6 Å². The van der Waals surface area contributed by atoms with E-state index in [1.165, 1.54) is 18.2 Å². The van der Waals surface area contributed by atoms with Gasteiger partial charge in [0.05, 0.1) is 18.5 Å². The van der Waals surface area contributed by atoms with Crippen LogP contribution in [-0.2, 0) is 19.1 Å². The minimum atomic E-state index is -0.982. The van der Waals surface area contributed by atoms with Gasteiger partial charge in [0.1, 0.15) is 11.4 Å². The maximum Gasteiger partial charge on any atom is 0.344 e. The summed E-state index contributed by atoms with van der Waals surface area (Å²) in [5.41, 5.74) is 0.355. The monoisotopic (exact) mass is 325 g/mol. The van der Waals surface area contributed by atoms with Crippen molar-refractivity contribution in [3.63, 3.8) is 0 Å². The first kappa shape index (κ1) is 15.6. The van der Waals surface area contributed by atoms with Crippen LogP contribution in [0, 0.1) is 5.82 Å². The number of hydrogen-bond acceptors (Lipinski definition) is 4. The second-order valence-corrected chi connectivity index (χ2v) is 5.03. The van der Waals surface area contributed by atoms with Crippen LogP contribution >= 0.6 is 0 Å². The van der Waals surface area contributed by atoms with E-state index in [2.05, 4.69) is 4.74 Å². The highest BCUT2D eigenvalue weighted by atomic mass is 19.1. The Hall–Kier alpha value is -3.28. The first-order valence-electron chi connectivity index (χ1n) is 7.07. The van der Waals surface area contributed by atoms with Crippen molar-refractivity contribution in [3.8, 4) is 0 Å². The fourth-order valence-corrected chi connectivity index (χ4v) is 2.55. The highest BCUT2D eigenvalue weighted by Gasteiger charge is 2.43. The topological polar surface area (TPSA) is 63.7 Å². The first-order chi connectivity index (χ1) is 11.5. The summed E-state index contributed by atoms with van der Waals surface area (Å²) >= 11 is 0. The summed E-state index contributed by atoms with van der Waals surface area (Å²) in [7, 11) is 1.13. The Morgan fingerprint density at radius 1 is 1.04 bits per heavy atom. The Morgan fingerprint density at radius 2 is 1.75 bits per heavy atom. The van der Waals surface area contributed by atoms with Crippen molar-refractivity contribution < 1.29 is 23.5 Å². The number of rotatable bonds is 3. The van der Waals surface area contributed by atoms with Gasteiger partial charge in [-0.3, -0.25) is 14.5 Å². The van der Waals surface area contributed by atoms with Gasteiger partial charge in [0.15, 0.2) is 0 Å². The molecule has 5 nitrogen and oxygen atoms in total. The Labute approximate surface area is 137 Å². The number of hydrogen-bond donors (Lipinski definition) is 0. The lowest BCUT2D eigenvalue weighted by Crippen LogP contribution is -2.28. The van der Waals surface area contributed by atoms with Crippen LogP contribution in [0.5, 0.6) is 0 Å². The average Bonchev–Trinajstić information content (AvgIpc) is 2.86. The molecule has 0 aliphatic carbocycles. The van der Waals surface area contributed by atoms with Crippen LogP contribution in [0.1, 0.15) is 5.56 Å². The van der Waals surface area contributed by atoms with Crippen LogP contribution in [0.15, 0.2) is 60.2 Å². The molecule has 1 amide bonds. The van der Waals surface area contributed by atoms with Crippen LogP contribution in [0.2, 0.25) is 0 Å². The Morgan fingerprint density at radius 3 is 2.38 bits per heavy atom. The van der Waals surface area contributed by atoms with Crippen molar-refractivity contribution in [2.24, 2.45) is 0 Å². The van der Waals surface area contributed by atoms with Gasteiger partial charge in [-0.1, -0.05) is 36.4 Å². The summed E-state index contributed by atoms with van der Waals surface area (Å²) in [6.07, 6.45) is 0.